The summed E-state index contributed by atoms with van der Waals surface area (Å²) in [6.45, 7) is 2.58. The average molecular weight is 452 g/mol. The maximum Gasteiger partial charge on any atom is 0.311 e. The zero-order chi connectivity index (χ0) is 23.3. The summed E-state index contributed by atoms with van der Waals surface area (Å²) in [6, 6.07) is 0. The number of carbonyl (C=O) groups is 2. The molecule has 32 heavy (non-hydrogen) atoms. The molecule has 1 amide bonds. The normalized spacial score (nSPS) is 15.5. The van der Waals surface area contributed by atoms with Crippen molar-refractivity contribution < 1.29 is 14.7 Å². The molecule has 4 nitrogen and oxygen atoms in total. The Bertz CT molecular complexity index is 471. The molecule has 0 aromatic carbocycles. The van der Waals surface area contributed by atoms with Gasteiger partial charge in [0.25, 0.3) is 0 Å². The van der Waals surface area contributed by atoms with E-state index in [9.17, 15) is 14.7 Å². The molecular formula is C28H53NO3. The third-order valence-corrected chi connectivity index (χ3v) is 7.40. The molecule has 1 saturated carbocycles. The van der Waals surface area contributed by atoms with Crippen LogP contribution in [0.2, 0.25) is 0 Å². The minimum atomic E-state index is -0.740. The lowest BCUT2D eigenvalue weighted by molar-refractivity contribution is -0.151. The van der Waals surface area contributed by atoms with Crippen LogP contribution in [0.15, 0.2) is 0 Å². The van der Waals surface area contributed by atoms with E-state index in [2.05, 4.69) is 12.2 Å². The Hall–Kier alpha value is -1.06. The van der Waals surface area contributed by atoms with Gasteiger partial charge in [-0.1, -0.05) is 129 Å². The van der Waals surface area contributed by atoms with Gasteiger partial charge in [0.2, 0.25) is 5.91 Å². The maximum atomic E-state index is 12.1. The van der Waals surface area contributed by atoms with E-state index in [1.807, 2.05) is 0 Å². The van der Waals surface area contributed by atoms with Gasteiger partial charge in [-0.05, 0) is 19.3 Å². The summed E-state index contributed by atoms with van der Waals surface area (Å²) in [5.74, 6) is -0.715. The van der Waals surface area contributed by atoms with Crippen LogP contribution in [-0.4, -0.2) is 23.5 Å². The number of rotatable bonds is 21. The van der Waals surface area contributed by atoms with Crippen molar-refractivity contribution in [3.8, 4) is 0 Å². The van der Waals surface area contributed by atoms with Gasteiger partial charge in [-0.2, -0.15) is 0 Å². The second kappa shape index (κ2) is 19.4. The lowest BCUT2D eigenvalue weighted by Crippen LogP contribution is -2.44. The molecular weight excluding hydrogens is 398 g/mol. The van der Waals surface area contributed by atoms with E-state index in [-0.39, 0.29) is 5.91 Å². The monoisotopic (exact) mass is 451 g/mol. The van der Waals surface area contributed by atoms with Gasteiger partial charge in [0.05, 0.1) is 5.41 Å². The predicted molar refractivity (Wildman–Crippen MR) is 135 cm³/mol. The topological polar surface area (TPSA) is 66.4 Å². The Morgan fingerprint density at radius 3 is 1.47 bits per heavy atom. The largest absolute Gasteiger partial charge is 0.481 e. The van der Waals surface area contributed by atoms with E-state index in [1.54, 1.807) is 0 Å². The van der Waals surface area contributed by atoms with E-state index >= 15 is 0 Å². The van der Waals surface area contributed by atoms with Crippen molar-refractivity contribution in [1.29, 1.82) is 0 Å². The Labute approximate surface area is 198 Å². The van der Waals surface area contributed by atoms with E-state index in [1.165, 1.54) is 96.3 Å². The van der Waals surface area contributed by atoms with E-state index in [4.69, 9.17) is 0 Å². The lowest BCUT2D eigenvalue weighted by atomic mass is 9.74. The van der Waals surface area contributed by atoms with Crippen LogP contribution >= 0.6 is 0 Å². The predicted octanol–water partition coefficient (Wildman–Crippen LogP) is 8.18. The number of aliphatic carboxylic acids is 1. The third kappa shape index (κ3) is 14.2. The molecule has 2 N–H and O–H groups in total. The first-order valence-electron chi connectivity index (χ1n) is 14.1. The molecule has 1 rings (SSSR count). The van der Waals surface area contributed by atoms with Crippen molar-refractivity contribution in [2.24, 2.45) is 5.41 Å². The van der Waals surface area contributed by atoms with Gasteiger partial charge in [-0.15, -0.1) is 0 Å². The fraction of sp³-hybridized carbons (Fsp3) is 0.929. The number of unbranched alkanes of at least 4 members (excludes halogenated alkanes) is 16. The number of hydrogen-bond acceptors (Lipinski definition) is 2. The molecule has 0 aromatic heterocycles. The Balaban J connectivity index is 1.84. The standard InChI is InChI=1S/C28H53NO3/c1-2-3-4-5-6-7-8-9-10-11-12-13-14-15-16-17-19-22-26(30)29-25-28(27(31)32)23-20-18-21-24-28/h2-25H2,1H3,(H,29,30)(H,31,32). The molecule has 1 aliphatic rings. The molecule has 4 heteroatoms. The summed E-state index contributed by atoms with van der Waals surface area (Å²) in [4.78, 5) is 23.8. The van der Waals surface area contributed by atoms with Crippen molar-refractivity contribution in [1.82, 2.24) is 5.32 Å². The molecule has 0 heterocycles. The fourth-order valence-corrected chi connectivity index (χ4v) is 5.06. The van der Waals surface area contributed by atoms with E-state index in [0.29, 0.717) is 25.8 Å². The van der Waals surface area contributed by atoms with Crippen molar-refractivity contribution in [2.45, 2.75) is 155 Å². The lowest BCUT2D eigenvalue weighted by Gasteiger charge is -2.33. The second-order valence-corrected chi connectivity index (χ2v) is 10.3. The molecule has 1 fully saturated rings. The third-order valence-electron chi connectivity index (χ3n) is 7.40. The van der Waals surface area contributed by atoms with E-state index < -0.39 is 11.4 Å². The Kier molecular flexibility index (Phi) is 17.6. The number of carboxylic acids is 1. The first kappa shape index (κ1) is 29.0. The fourth-order valence-electron chi connectivity index (χ4n) is 5.06. The second-order valence-electron chi connectivity index (χ2n) is 10.3. The van der Waals surface area contributed by atoms with Crippen LogP contribution in [0, 0.1) is 5.41 Å². The summed E-state index contributed by atoms with van der Waals surface area (Å²) in [6.07, 6.45) is 27.7. The van der Waals surface area contributed by atoms with Crippen molar-refractivity contribution in [2.75, 3.05) is 6.54 Å². The molecule has 0 atom stereocenters. The molecule has 0 unspecified atom stereocenters. The summed E-state index contributed by atoms with van der Waals surface area (Å²) >= 11 is 0. The summed E-state index contributed by atoms with van der Waals surface area (Å²) < 4.78 is 0. The Morgan fingerprint density at radius 1 is 0.656 bits per heavy atom. The molecule has 0 aliphatic heterocycles. The number of nitrogens with one attached hydrogen (secondary N) is 1. The van der Waals surface area contributed by atoms with Gasteiger partial charge in [0.15, 0.2) is 0 Å². The van der Waals surface area contributed by atoms with Crippen LogP contribution < -0.4 is 5.32 Å². The highest BCUT2D eigenvalue weighted by Gasteiger charge is 2.39. The van der Waals surface area contributed by atoms with Crippen LogP contribution in [0.4, 0.5) is 0 Å². The van der Waals surface area contributed by atoms with Crippen LogP contribution in [0.3, 0.4) is 0 Å². The minimum Gasteiger partial charge on any atom is -0.481 e. The molecule has 1 aliphatic carbocycles. The Morgan fingerprint density at radius 2 is 1.06 bits per heavy atom. The first-order valence-corrected chi connectivity index (χ1v) is 14.1. The summed E-state index contributed by atoms with van der Waals surface area (Å²) in [7, 11) is 0. The SMILES string of the molecule is CCCCCCCCCCCCCCCCCCCC(=O)NCC1(C(=O)O)CCCCC1. The number of hydrogen-bond donors (Lipinski definition) is 2. The summed E-state index contributed by atoms with van der Waals surface area (Å²) in [5.41, 5.74) is -0.720. The molecule has 0 saturated heterocycles. The molecule has 0 aromatic rings. The van der Waals surface area contributed by atoms with Gasteiger partial charge in [0, 0.05) is 13.0 Å². The quantitative estimate of drug-likeness (QED) is 0.173. The molecule has 0 spiro atoms. The maximum absolute atomic E-state index is 12.1. The van der Waals surface area contributed by atoms with E-state index in [0.717, 1.165) is 32.1 Å². The van der Waals surface area contributed by atoms with Crippen LogP contribution in [0.25, 0.3) is 0 Å². The number of amides is 1. The number of carboxylic acid groups (broad SMARTS) is 1. The van der Waals surface area contributed by atoms with Crippen molar-refractivity contribution in [3.63, 3.8) is 0 Å². The minimum absolute atomic E-state index is 0.0251. The van der Waals surface area contributed by atoms with Gasteiger partial charge in [-0.25, -0.2) is 0 Å². The highest BCUT2D eigenvalue weighted by Crippen LogP contribution is 2.36. The zero-order valence-electron chi connectivity index (χ0n) is 21.2. The zero-order valence-corrected chi connectivity index (χ0v) is 21.2. The molecule has 0 bridgehead atoms. The van der Waals surface area contributed by atoms with Gasteiger partial charge in [0.1, 0.15) is 0 Å². The van der Waals surface area contributed by atoms with Gasteiger partial charge < -0.3 is 10.4 Å². The van der Waals surface area contributed by atoms with Crippen molar-refractivity contribution >= 4 is 11.9 Å². The first-order chi connectivity index (χ1) is 15.6. The molecule has 0 radical (unpaired) electrons. The van der Waals surface area contributed by atoms with Crippen LogP contribution in [-0.2, 0) is 9.59 Å². The smallest absolute Gasteiger partial charge is 0.311 e. The highest BCUT2D eigenvalue weighted by atomic mass is 16.4. The van der Waals surface area contributed by atoms with Gasteiger partial charge >= 0.3 is 5.97 Å². The summed E-state index contributed by atoms with van der Waals surface area (Å²) in [5, 5.41) is 12.5. The molecule has 188 valence electrons. The highest BCUT2D eigenvalue weighted by molar-refractivity contribution is 5.79. The van der Waals surface area contributed by atoms with Crippen molar-refractivity contribution in [3.05, 3.63) is 0 Å². The van der Waals surface area contributed by atoms with Crippen LogP contribution in [0.1, 0.15) is 155 Å². The average Bonchev–Trinajstić information content (AvgIpc) is 2.80. The number of carbonyl (C=O) groups excluding carboxylic acids is 1. The van der Waals surface area contributed by atoms with Crippen LogP contribution in [0.5, 0.6) is 0 Å². The van der Waals surface area contributed by atoms with Gasteiger partial charge in [-0.3, -0.25) is 9.59 Å².